The Bertz CT molecular complexity index is 719. The van der Waals surface area contributed by atoms with Crippen molar-refractivity contribution in [3.05, 3.63) is 65.7 Å². The Morgan fingerprint density at radius 1 is 1.12 bits per heavy atom. The van der Waals surface area contributed by atoms with E-state index < -0.39 is 5.97 Å². The minimum Gasteiger partial charge on any atom is -0.489 e. The predicted octanol–water partition coefficient (Wildman–Crippen LogP) is 3.49. The van der Waals surface area contributed by atoms with Gasteiger partial charge in [0.15, 0.2) is 0 Å². The van der Waals surface area contributed by atoms with Crippen LogP contribution in [0.2, 0.25) is 0 Å². The number of benzene rings is 2. The normalized spacial score (nSPS) is 11.4. The summed E-state index contributed by atoms with van der Waals surface area (Å²) >= 11 is 0. The molecular formula is C20H24N2O4. The maximum atomic E-state index is 11.9. The zero-order valence-corrected chi connectivity index (χ0v) is 14.8. The van der Waals surface area contributed by atoms with Crippen LogP contribution in [0.4, 0.5) is 4.79 Å². The minimum absolute atomic E-state index is 0.0383. The molecule has 0 aliphatic carbocycles. The first-order valence-corrected chi connectivity index (χ1v) is 8.57. The van der Waals surface area contributed by atoms with Crippen molar-refractivity contribution in [3.63, 3.8) is 0 Å². The summed E-state index contributed by atoms with van der Waals surface area (Å²) in [4.78, 5) is 22.3. The molecule has 0 saturated carbocycles. The molecule has 2 aromatic rings. The highest BCUT2D eigenvalue weighted by molar-refractivity contribution is 5.74. The highest BCUT2D eigenvalue weighted by atomic mass is 16.5. The number of hydrogen-bond acceptors (Lipinski definition) is 3. The van der Waals surface area contributed by atoms with Gasteiger partial charge in [0.25, 0.3) is 0 Å². The number of hydrogen-bond donors (Lipinski definition) is 3. The first kappa shape index (κ1) is 19.3. The van der Waals surface area contributed by atoms with Gasteiger partial charge in [0.1, 0.15) is 12.4 Å². The van der Waals surface area contributed by atoms with E-state index in [1.165, 1.54) is 0 Å². The number of amides is 2. The summed E-state index contributed by atoms with van der Waals surface area (Å²) < 4.78 is 5.81. The Morgan fingerprint density at radius 3 is 2.62 bits per heavy atom. The summed E-state index contributed by atoms with van der Waals surface area (Å²) in [5, 5.41) is 14.1. The summed E-state index contributed by atoms with van der Waals surface area (Å²) in [5.74, 6) is -0.130. The van der Waals surface area contributed by atoms with Crippen LogP contribution in [0.15, 0.2) is 54.6 Å². The van der Waals surface area contributed by atoms with Crippen LogP contribution in [0.5, 0.6) is 5.75 Å². The largest absolute Gasteiger partial charge is 0.489 e. The number of aliphatic carboxylic acids is 1. The molecule has 0 unspecified atom stereocenters. The zero-order chi connectivity index (χ0) is 18.8. The second-order valence-electron chi connectivity index (χ2n) is 5.97. The number of nitrogens with one attached hydrogen (secondary N) is 2. The molecule has 6 heteroatoms. The van der Waals surface area contributed by atoms with Crippen LogP contribution >= 0.6 is 0 Å². The van der Waals surface area contributed by atoms with Crippen molar-refractivity contribution in [2.75, 3.05) is 6.54 Å². The fourth-order valence-electron chi connectivity index (χ4n) is 2.39. The zero-order valence-electron chi connectivity index (χ0n) is 14.8. The number of carboxylic acid groups (broad SMARTS) is 1. The average molecular weight is 356 g/mol. The SMILES string of the molecule is C[C@H](NC(=O)NCCCC(=O)O)c1cccc(OCc2ccccc2)c1. The number of carbonyl (C=O) groups excluding carboxylic acids is 1. The molecule has 0 fully saturated rings. The maximum absolute atomic E-state index is 11.9. The summed E-state index contributed by atoms with van der Waals surface area (Å²) in [6, 6.07) is 17.0. The van der Waals surface area contributed by atoms with Crippen LogP contribution in [0.25, 0.3) is 0 Å². The molecule has 3 N–H and O–H groups in total. The van der Waals surface area contributed by atoms with Crippen molar-refractivity contribution in [3.8, 4) is 5.75 Å². The Labute approximate surface area is 153 Å². The van der Waals surface area contributed by atoms with E-state index in [-0.39, 0.29) is 18.5 Å². The quantitative estimate of drug-likeness (QED) is 0.600. The number of urea groups is 1. The lowest BCUT2D eigenvalue weighted by atomic mass is 10.1. The van der Waals surface area contributed by atoms with Crippen molar-refractivity contribution in [1.29, 1.82) is 0 Å². The van der Waals surface area contributed by atoms with Gasteiger partial charge in [0.05, 0.1) is 6.04 Å². The van der Waals surface area contributed by atoms with Gasteiger partial charge >= 0.3 is 12.0 Å². The Balaban J connectivity index is 1.82. The van der Waals surface area contributed by atoms with Crippen LogP contribution in [0.1, 0.15) is 36.9 Å². The van der Waals surface area contributed by atoms with E-state index in [9.17, 15) is 9.59 Å². The summed E-state index contributed by atoms with van der Waals surface area (Å²) in [6.07, 6.45) is 0.441. The van der Waals surface area contributed by atoms with Crippen LogP contribution in [-0.4, -0.2) is 23.7 Å². The number of carboxylic acids is 1. The molecule has 138 valence electrons. The van der Waals surface area contributed by atoms with Crippen LogP contribution < -0.4 is 15.4 Å². The third-order valence-corrected chi connectivity index (χ3v) is 3.81. The second-order valence-corrected chi connectivity index (χ2v) is 5.97. The van der Waals surface area contributed by atoms with E-state index in [0.29, 0.717) is 19.6 Å². The van der Waals surface area contributed by atoms with Gasteiger partial charge in [-0.3, -0.25) is 4.79 Å². The lowest BCUT2D eigenvalue weighted by molar-refractivity contribution is -0.137. The number of rotatable bonds is 9. The van der Waals surface area contributed by atoms with Crippen molar-refractivity contribution < 1.29 is 19.4 Å². The standard InChI is InChI=1S/C20H24N2O4/c1-15(22-20(25)21-12-6-11-19(23)24)17-9-5-10-18(13-17)26-14-16-7-3-2-4-8-16/h2-5,7-10,13,15H,6,11-12,14H2,1H3,(H,23,24)(H2,21,22,25)/t15-/m0/s1. The van der Waals surface area contributed by atoms with Gasteiger partial charge in [0, 0.05) is 13.0 Å². The third-order valence-electron chi connectivity index (χ3n) is 3.81. The van der Waals surface area contributed by atoms with Crippen LogP contribution in [0.3, 0.4) is 0 Å². The van der Waals surface area contributed by atoms with Crippen LogP contribution in [-0.2, 0) is 11.4 Å². The Hall–Kier alpha value is -3.02. The van der Waals surface area contributed by atoms with Gasteiger partial charge in [-0.2, -0.15) is 0 Å². The fourth-order valence-corrected chi connectivity index (χ4v) is 2.39. The average Bonchev–Trinajstić information content (AvgIpc) is 2.64. The molecule has 26 heavy (non-hydrogen) atoms. The smallest absolute Gasteiger partial charge is 0.315 e. The van der Waals surface area contributed by atoms with E-state index in [0.717, 1.165) is 16.9 Å². The van der Waals surface area contributed by atoms with Gasteiger partial charge in [-0.05, 0) is 36.6 Å². The molecule has 0 aliphatic rings. The van der Waals surface area contributed by atoms with Gasteiger partial charge in [-0.15, -0.1) is 0 Å². The predicted molar refractivity (Wildman–Crippen MR) is 99.0 cm³/mol. The highest BCUT2D eigenvalue weighted by Gasteiger charge is 2.10. The minimum atomic E-state index is -0.868. The lowest BCUT2D eigenvalue weighted by Gasteiger charge is -2.16. The molecule has 0 heterocycles. The molecule has 6 nitrogen and oxygen atoms in total. The van der Waals surface area contributed by atoms with Crippen LogP contribution in [0, 0.1) is 0 Å². The molecule has 2 aromatic carbocycles. The van der Waals surface area contributed by atoms with Gasteiger partial charge < -0.3 is 20.5 Å². The van der Waals surface area contributed by atoms with Crippen molar-refractivity contribution in [2.45, 2.75) is 32.4 Å². The third kappa shape index (κ3) is 6.84. The van der Waals surface area contributed by atoms with Crippen molar-refractivity contribution in [1.82, 2.24) is 10.6 Å². The molecule has 0 radical (unpaired) electrons. The van der Waals surface area contributed by atoms with Gasteiger partial charge in [-0.25, -0.2) is 4.79 Å². The summed E-state index contributed by atoms with van der Waals surface area (Å²) in [6.45, 7) is 2.69. The van der Waals surface area contributed by atoms with Gasteiger partial charge in [-0.1, -0.05) is 42.5 Å². The van der Waals surface area contributed by atoms with E-state index in [2.05, 4.69) is 10.6 Å². The fraction of sp³-hybridized carbons (Fsp3) is 0.300. The monoisotopic (exact) mass is 356 g/mol. The van der Waals surface area contributed by atoms with Crippen molar-refractivity contribution in [2.24, 2.45) is 0 Å². The highest BCUT2D eigenvalue weighted by Crippen LogP contribution is 2.20. The molecule has 0 aromatic heterocycles. The lowest BCUT2D eigenvalue weighted by Crippen LogP contribution is -2.37. The summed E-state index contributed by atoms with van der Waals surface area (Å²) in [5.41, 5.74) is 2.01. The molecular weight excluding hydrogens is 332 g/mol. The first-order valence-electron chi connectivity index (χ1n) is 8.57. The number of carbonyl (C=O) groups is 2. The second kappa shape index (κ2) is 10.1. The maximum Gasteiger partial charge on any atom is 0.315 e. The van der Waals surface area contributed by atoms with E-state index in [4.69, 9.17) is 9.84 Å². The Kier molecular flexibility index (Phi) is 7.49. The van der Waals surface area contributed by atoms with E-state index in [1.807, 2.05) is 61.5 Å². The number of ether oxygens (including phenoxy) is 1. The first-order chi connectivity index (χ1) is 12.5. The van der Waals surface area contributed by atoms with Gasteiger partial charge in [0.2, 0.25) is 0 Å². The molecule has 2 rings (SSSR count). The molecule has 0 spiro atoms. The molecule has 0 saturated heterocycles. The molecule has 0 bridgehead atoms. The Morgan fingerprint density at radius 2 is 1.88 bits per heavy atom. The molecule has 1 atom stereocenters. The molecule has 2 amide bonds. The summed E-state index contributed by atoms with van der Waals surface area (Å²) in [7, 11) is 0. The van der Waals surface area contributed by atoms with E-state index >= 15 is 0 Å². The molecule has 0 aliphatic heterocycles. The van der Waals surface area contributed by atoms with Crippen molar-refractivity contribution >= 4 is 12.0 Å². The topological polar surface area (TPSA) is 87.7 Å². The van der Waals surface area contributed by atoms with E-state index in [1.54, 1.807) is 0 Å².